The molecule has 0 aromatic heterocycles. The summed E-state index contributed by atoms with van der Waals surface area (Å²) in [5, 5.41) is -0.322. The van der Waals surface area contributed by atoms with Crippen molar-refractivity contribution in [3.8, 4) is 0 Å². The van der Waals surface area contributed by atoms with E-state index >= 15 is 0 Å². The summed E-state index contributed by atoms with van der Waals surface area (Å²) in [5.41, 5.74) is 0. The van der Waals surface area contributed by atoms with Gasteiger partial charge in [0.15, 0.2) is 9.84 Å². The molecule has 1 aromatic carbocycles. The number of rotatable bonds is 3. The summed E-state index contributed by atoms with van der Waals surface area (Å²) in [7, 11) is -7.87. The second-order valence-electron chi connectivity index (χ2n) is 2.97. The van der Waals surface area contributed by atoms with Crippen LogP contribution >= 0.6 is 11.6 Å². The summed E-state index contributed by atoms with van der Waals surface area (Å²) in [6, 6.07) is 3.05. The van der Waals surface area contributed by atoms with Crippen molar-refractivity contribution in [1.29, 1.82) is 0 Å². The molecule has 0 aliphatic rings. The lowest BCUT2D eigenvalue weighted by atomic mass is 10.4. The Hall–Kier alpha value is -0.630. The topological polar surface area (TPSA) is 88.5 Å². The van der Waals surface area contributed by atoms with Crippen LogP contribution in [-0.4, -0.2) is 27.1 Å². The minimum absolute atomic E-state index is 0.0765. The first-order valence-corrected chi connectivity index (χ1v) is 7.65. The van der Waals surface area contributed by atoms with Crippen LogP contribution in [0.15, 0.2) is 28.0 Å². The van der Waals surface area contributed by atoms with Gasteiger partial charge in [-0.3, -0.25) is 4.55 Å². The minimum atomic E-state index is -4.43. The van der Waals surface area contributed by atoms with Crippen LogP contribution in [0, 0.1) is 0 Å². The quantitative estimate of drug-likeness (QED) is 0.847. The van der Waals surface area contributed by atoms with Gasteiger partial charge in [-0.15, -0.1) is 0 Å². The Morgan fingerprint density at radius 1 is 1.25 bits per heavy atom. The predicted octanol–water partition coefficient (Wildman–Crippen LogP) is 1.38. The van der Waals surface area contributed by atoms with Crippen molar-refractivity contribution in [2.24, 2.45) is 0 Å². The van der Waals surface area contributed by atoms with Gasteiger partial charge in [-0.25, -0.2) is 8.42 Å². The van der Waals surface area contributed by atoms with Gasteiger partial charge in [0, 0.05) is 0 Å². The molecular formula is C8H9ClO5S2. The lowest BCUT2D eigenvalue weighted by Gasteiger charge is -2.04. The third kappa shape index (κ3) is 2.73. The molecule has 0 fully saturated rings. The molecule has 0 amide bonds. The molecular weight excluding hydrogens is 276 g/mol. The number of benzene rings is 1. The van der Waals surface area contributed by atoms with Gasteiger partial charge in [0.05, 0.1) is 15.7 Å². The molecule has 0 atom stereocenters. The van der Waals surface area contributed by atoms with Crippen LogP contribution in [-0.2, 0) is 20.0 Å². The van der Waals surface area contributed by atoms with Crippen LogP contribution < -0.4 is 0 Å². The van der Waals surface area contributed by atoms with Crippen LogP contribution in [0.3, 0.4) is 0 Å². The number of hydrogen-bond acceptors (Lipinski definition) is 4. The highest BCUT2D eigenvalue weighted by atomic mass is 35.5. The molecule has 90 valence electrons. The fourth-order valence-corrected chi connectivity index (χ4v) is 3.04. The summed E-state index contributed by atoms with van der Waals surface area (Å²) in [6.45, 7) is 1.46. The van der Waals surface area contributed by atoms with Crippen molar-refractivity contribution in [1.82, 2.24) is 0 Å². The van der Waals surface area contributed by atoms with Gasteiger partial charge in [-0.05, 0) is 18.2 Å². The molecule has 0 heterocycles. The van der Waals surface area contributed by atoms with E-state index in [1.807, 2.05) is 0 Å². The van der Waals surface area contributed by atoms with Crippen molar-refractivity contribution in [2.45, 2.75) is 16.7 Å². The Morgan fingerprint density at radius 3 is 2.19 bits per heavy atom. The third-order valence-corrected chi connectivity index (χ3v) is 4.99. The van der Waals surface area contributed by atoms with E-state index in [-0.39, 0.29) is 15.7 Å². The second kappa shape index (κ2) is 4.33. The lowest BCUT2D eigenvalue weighted by molar-refractivity contribution is 0.483. The molecule has 0 aliphatic heterocycles. The summed E-state index contributed by atoms with van der Waals surface area (Å²) < 4.78 is 53.3. The highest BCUT2D eigenvalue weighted by Gasteiger charge is 2.18. The number of hydrogen-bond donors (Lipinski definition) is 1. The van der Waals surface area contributed by atoms with E-state index in [1.165, 1.54) is 6.92 Å². The SMILES string of the molecule is CCS(=O)(=O)c1ccc(S(=O)(=O)O)c(Cl)c1. The van der Waals surface area contributed by atoms with Crippen molar-refractivity contribution >= 4 is 31.6 Å². The minimum Gasteiger partial charge on any atom is -0.282 e. The first-order valence-electron chi connectivity index (χ1n) is 4.18. The van der Waals surface area contributed by atoms with Gasteiger partial charge in [-0.1, -0.05) is 18.5 Å². The van der Waals surface area contributed by atoms with Crippen molar-refractivity contribution in [3.05, 3.63) is 23.2 Å². The van der Waals surface area contributed by atoms with Crippen molar-refractivity contribution < 1.29 is 21.4 Å². The van der Waals surface area contributed by atoms with Gasteiger partial charge in [0.1, 0.15) is 4.90 Å². The molecule has 0 aliphatic carbocycles. The van der Waals surface area contributed by atoms with E-state index in [9.17, 15) is 16.8 Å². The van der Waals surface area contributed by atoms with Gasteiger partial charge in [0.2, 0.25) is 0 Å². The average molecular weight is 285 g/mol. The van der Waals surface area contributed by atoms with Crippen LogP contribution in [0.2, 0.25) is 5.02 Å². The standard InChI is InChI=1S/C8H9ClO5S2/c1-2-15(10,11)6-3-4-8(7(9)5-6)16(12,13)14/h3-5H,2H2,1H3,(H,12,13,14). The zero-order valence-corrected chi connectivity index (χ0v) is 10.6. The fraction of sp³-hybridized carbons (Fsp3) is 0.250. The van der Waals surface area contributed by atoms with E-state index in [1.54, 1.807) is 0 Å². The van der Waals surface area contributed by atoms with E-state index in [2.05, 4.69) is 0 Å². The summed E-state index contributed by atoms with van der Waals surface area (Å²) in [5.74, 6) is -0.117. The molecule has 16 heavy (non-hydrogen) atoms. The second-order valence-corrected chi connectivity index (χ2v) is 7.05. The van der Waals surface area contributed by atoms with E-state index in [4.69, 9.17) is 16.2 Å². The third-order valence-electron chi connectivity index (χ3n) is 1.92. The Morgan fingerprint density at radius 2 is 1.81 bits per heavy atom. The summed E-state index contributed by atoms with van der Waals surface area (Å²) in [6.07, 6.45) is 0. The van der Waals surface area contributed by atoms with E-state index in [0.29, 0.717) is 0 Å². The molecule has 0 bridgehead atoms. The smallest absolute Gasteiger partial charge is 0.282 e. The Kier molecular flexibility index (Phi) is 3.63. The number of halogens is 1. The Bertz CT molecular complexity index is 603. The molecule has 5 nitrogen and oxygen atoms in total. The molecule has 0 radical (unpaired) electrons. The normalized spacial score (nSPS) is 12.7. The molecule has 0 unspecified atom stereocenters. The maximum Gasteiger partial charge on any atom is 0.296 e. The number of sulfone groups is 1. The zero-order valence-electron chi connectivity index (χ0n) is 8.21. The van der Waals surface area contributed by atoms with Gasteiger partial charge >= 0.3 is 0 Å². The average Bonchev–Trinajstić information content (AvgIpc) is 2.15. The highest BCUT2D eigenvalue weighted by molar-refractivity contribution is 7.91. The molecule has 1 N–H and O–H groups in total. The Balaban J connectivity index is 3.42. The summed E-state index contributed by atoms with van der Waals surface area (Å²) >= 11 is 5.57. The first-order chi connectivity index (χ1) is 7.18. The molecule has 0 saturated heterocycles. The van der Waals surface area contributed by atoms with Gasteiger partial charge < -0.3 is 0 Å². The van der Waals surface area contributed by atoms with Crippen LogP contribution in [0.1, 0.15) is 6.92 Å². The van der Waals surface area contributed by atoms with Crippen molar-refractivity contribution in [3.63, 3.8) is 0 Å². The zero-order chi connectivity index (χ0) is 12.6. The maximum absolute atomic E-state index is 11.4. The van der Waals surface area contributed by atoms with Crippen LogP contribution in [0.4, 0.5) is 0 Å². The molecule has 0 saturated carbocycles. The molecule has 1 rings (SSSR count). The van der Waals surface area contributed by atoms with Gasteiger partial charge in [-0.2, -0.15) is 8.42 Å². The van der Waals surface area contributed by atoms with Crippen LogP contribution in [0.25, 0.3) is 0 Å². The Labute approximate surface area is 98.7 Å². The molecule has 0 spiro atoms. The monoisotopic (exact) mass is 284 g/mol. The molecule has 1 aromatic rings. The molecule has 8 heteroatoms. The predicted molar refractivity (Wildman–Crippen MR) is 59.0 cm³/mol. The van der Waals surface area contributed by atoms with Crippen LogP contribution in [0.5, 0.6) is 0 Å². The van der Waals surface area contributed by atoms with E-state index in [0.717, 1.165) is 18.2 Å². The summed E-state index contributed by atoms with van der Waals surface area (Å²) in [4.78, 5) is -0.586. The fourth-order valence-electron chi connectivity index (χ4n) is 1.05. The largest absolute Gasteiger partial charge is 0.296 e. The first kappa shape index (κ1) is 13.4. The highest BCUT2D eigenvalue weighted by Crippen LogP contribution is 2.24. The van der Waals surface area contributed by atoms with Gasteiger partial charge in [0.25, 0.3) is 10.1 Å². The maximum atomic E-state index is 11.4. The lowest BCUT2D eigenvalue weighted by Crippen LogP contribution is -2.05. The van der Waals surface area contributed by atoms with Crippen molar-refractivity contribution in [2.75, 3.05) is 5.75 Å². The van der Waals surface area contributed by atoms with E-state index < -0.39 is 24.9 Å².